The molecule has 1 amide bonds. The van der Waals surface area contributed by atoms with Gasteiger partial charge in [-0.15, -0.1) is 10.2 Å². The van der Waals surface area contributed by atoms with E-state index in [-0.39, 0.29) is 5.91 Å². The lowest BCUT2D eigenvalue weighted by molar-refractivity contribution is 0.0938. The number of hydrogen-bond donors (Lipinski definition) is 1. The molecule has 0 radical (unpaired) electrons. The van der Waals surface area contributed by atoms with Crippen molar-refractivity contribution < 1.29 is 9.21 Å². The molecule has 0 unspecified atom stereocenters. The lowest BCUT2D eigenvalue weighted by Crippen LogP contribution is -2.29. The molecule has 1 N–H and O–H groups in total. The van der Waals surface area contributed by atoms with E-state index < -0.39 is 6.04 Å². The summed E-state index contributed by atoms with van der Waals surface area (Å²) in [5.74, 6) is 0.556. The van der Waals surface area contributed by atoms with Crippen LogP contribution in [-0.4, -0.2) is 16.1 Å². The summed E-state index contributed by atoms with van der Waals surface area (Å²) in [6.45, 7) is 1.98. The summed E-state index contributed by atoms with van der Waals surface area (Å²) in [4.78, 5) is 12.8. The van der Waals surface area contributed by atoms with Crippen LogP contribution in [0.4, 0.5) is 0 Å². The van der Waals surface area contributed by atoms with Gasteiger partial charge in [0.15, 0.2) is 0 Å². The molecule has 5 nitrogen and oxygen atoms in total. The third-order valence-electron chi connectivity index (χ3n) is 4.43. The number of carbonyl (C=O) groups is 1. The van der Waals surface area contributed by atoms with Gasteiger partial charge >= 0.3 is 0 Å². The topological polar surface area (TPSA) is 68.0 Å². The Labute approximate surface area is 163 Å². The molecular formula is C23H19N3O2. The summed E-state index contributed by atoms with van der Waals surface area (Å²) in [6, 6.07) is 26.0. The summed E-state index contributed by atoms with van der Waals surface area (Å²) < 4.78 is 5.91. The third-order valence-corrected chi connectivity index (χ3v) is 4.43. The van der Waals surface area contributed by atoms with Crippen LogP contribution in [0.1, 0.15) is 33.4 Å². The number of benzene rings is 3. The Morgan fingerprint density at radius 1 is 0.857 bits per heavy atom. The van der Waals surface area contributed by atoms with Crippen molar-refractivity contribution in [3.8, 4) is 11.5 Å². The minimum absolute atomic E-state index is 0.201. The molecule has 138 valence electrons. The van der Waals surface area contributed by atoms with Gasteiger partial charge in [0.1, 0.15) is 6.04 Å². The predicted octanol–water partition coefficient (Wildman–Crippen LogP) is 4.56. The summed E-state index contributed by atoms with van der Waals surface area (Å²) in [5.41, 5.74) is 3.37. The van der Waals surface area contributed by atoms with Gasteiger partial charge in [-0.3, -0.25) is 4.79 Å². The van der Waals surface area contributed by atoms with Crippen molar-refractivity contribution in [3.05, 3.63) is 108 Å². The summed E-state index contributed by atoms with van der Waals surface area (Å²) in [7, 11) is 0. The average molecular weight is 369 g/mol. The molecule has 1 aromatic heterocycles. The number of nitrogens with zero attached hydrogens (tertiary/aromatic N) is 2. The molecule has 0 fully saturated rings. The fourth-order valence-electron chi connectivity index (χ4n) is 2.90. The normalized spacial score (nSPS) is 11.8. The second kappa shape index (κ2) is 7.88. The molecule has 1 atom stereocenters. The minimum atomic E-state index is -0.542. The van der Waals surface area contributed by atoms with E-state index in [0.29, 0.717) is 17.3 Å². The van der Waals surface area contributed by atoms with Gasteiger partial charge in [0, 0.05) is 11.1 Å². The molecule has 0 bridgehead atoms. The number of hydrogen-bond acceptors (Lipinski definition) is 4. The van der Waals surface area contributed by atoms with E-state index in [9.17, 15) is 4.79 Å². The first-order chi connectivity index (χ1) is 13.7. The van der Waals surface area contributed by atoms with Gasteiger partial charge in [0.25, 0.3) is 5.91 Å². The van der Waals surface area contributed by atoms with E-state index >= 15 is 0 Å². The van der Waals surface area contributed by atoms with Crippen molar-refractivity contribution in [3.63, 3.8) is 0 Å². The van der Waals surface area contributed by atoms with Gasteiger partial charge in [-0.25, -0.2) is 0 Å². The van der Waals surface area contributed by atoms with Crippen LogP contribution in [-0.2, 0) is 0 Å². The Hall–Kier alpha value is -3.73. The van der Waals surface area contributed by atoms with Gasteiger partial charge in [-0.05, 0) is 36.8 Å². The molecule has 4 aromatic rings. The van der Waals surface area contributed by atoms with E-state index in [1.807, 2.05) is 79.7 Å². The van der Waals surface area contributed by atoms with Crippen LogP contribution in [0.3, 0.4) is 0 Å². The maximum Gasteiger partial charge on any atom is 0.252 e. The highest BCUT2D eigenvalue weighted by Gasteiger charge is 2.23. The zero-order valence-corrected chi connectivity index (χ0v) is 15.4. The molecule has 0 aliphatic heterocycles. The minimum Gasteiger partial charge on any atom is -0.418 e. The lowest BCUT2D eigenvalue weighted by Gasteiger charge is -2.16. The highest BCUT2D eigenvalue weighted by molar-refractivity contribution is 5.94. The van der Waals surface area contributed by atoms with E-state index in [2.05, 4.69) is 15.5 Å². The van der Waals surface area contributed by atoms with E-state index in [4.69, 9.17) is 4.42 Å². The van der Waals surface area contributed by atoms with E-state index in [1.54, 1.807) is 12.1 Å². The van der Waals surface area contributed by atoms with E-state index in [1.165, 1.54) is 0 Å². The van der Waals surface area contributed by atoms with Crippen LogP contribution in [0.25, 0.3) is 11.5 Å². The molecule has 4 rings (SSSR count). The van der Waals surface area contributed by atoms with Gasteiger partial charge in [0.05, 0.1) is 0 Å². The van der Waals surface area contributed by atoms with Crippen molar-refractivity contribution in [2.45, 2.75) is 13.0 Å². The smallest absolute Gasteiger partial charge is 0.252 e. The first-order valence-electron chi connectivity index (χ1n) is 9.02. The summed E-state index contributed by atoms with van der Waals surface area (Å²) >= 11 is 0. The van der Waals surface area contributed by atoms with Crippen LogP contribution in [0, 0.1) is 6.92 Å². The standard InChI is InChI=1S/C23H19N3O2/c1-16-12-14-18(15-13-16)21(27)24-20(17-8-4-2-5-9-17)23-26-25-22(28-23)19-10-6-3-7-11-19/h2-15,20H,1H3,(H,24,27)/t20-/m1/s1. The number of nitrogens with one attached hydrogen (secondary N) is 1. The summed E-state index contributed by atoms with van der Waals surface area (Å²) in [6.07, 6.45) is 0. The fraction of sp³-hybridized carbons (Fsp3) is 0.0870. The van der Waals surface area contributed by atoms with Crippen molar-refractivity contribution in [2.24, 2.45) is 0 Å². The average Bonchev–Trinajstić information content (AvgIpc) is 3.23. The fourth-order valence-corrected chi connectivity index (χ4v) is 2.90. The van der Waals surface area contributed by atoms with E-state index in [0.717, 1.165) is 16.7 Å². The second-order valence-electron chi connectivity index (χ2n) is 6.49. The van der Waals surface area contributed by atoms with Crippen LogP contribution in [0.5, 0.6) is 0 Å². The number of aromatic nitrogens is 2. The Morgan fingerprint density at radius 2 is 1.50 bits per heavy atom. The third kappa shape index (κ3) is 3.83. The van der Waals surface area contributed by atoms with Crippen molar-refractivity contribution in [1.82, 2.24) is 15.5 Å². The van der Waals surface area contributed by atoms with Gasteiger partial charge < -0.3 is 9.73 Å². The Morgan fingerprint density at radius 3 is 2.18 bits per heavy atom. The molecule has 5 heteroatoms. The van der Waals surface area contributed by atoms with Gasteiger partial charge in [-0.1, -0.05) is 66.2 Å². The molecule has 0 aliphatic carbocycles. The first-order valence-corrected chi connectivity index (χ1v) is 9.02. The molecule has 0 saturated heterocycles. The number of amides is 1. The van der Waals surface area contributed by atoms with Crippen LogP contribution in [0.15, 0.2) is 89.3 Å². The Kier molecular flexibility index (Phi) is 4.97. The SMILES string of the molecule is Cc1ccc(C(=O)N[C@H](c2ccccc2)c2nnc(-c3ccccc3)o2)cc1. The van der Waals surface area contributed by atoms with Crippen molar-refractivity contribution in [2.75, 3.05) is 0 Å². The number of aryl methyl sites for hydroxylation is 1. The predicted molar refractivity (Wildman–Crippen MR) is 107 cm³/mol. The quantitative estimate of drug-likeness (QED) is 0.560. The first kappa shape index (κ1) is 17.7. The largest absolute Gasteiger partial charge is 0.418 e. The Balaban J connectivity index is 1.66. The molecule has 0 saturated carbocycles. The molecule has 28 heavy (non-hydrogen) atoms. The highest BCUT2D eigenvalue weighted by Crippen LogP contribution is 2.25. The molecular weight excluding hydrogens is 350 g/mol. The number of carbonyl (C=O) groups excluding carboxylic acids is 1. The maximum atomic E-state index is 12.8. The van der Waals surface area contributed by atoms with Crippen LogP contribution < -0.4 is 5.32 Å². The van der Waals surface area contributed by atoms with Gasteiger partial charge in [-0.2, -0.15) is 0 Å². The highest BCUT2D eigenvalue weighted by atomic mass is 16.4. The number of rotatable bonds is 5. The zero-order chi connectivity index (χ0) is 19.3. The molecule has 1 heterocycles. The van der Waals surface area contributed by atoms with Crippen LogP contribution in [0.2, 0.25) is 0 Å². The van der Waals surface area contributed by atoms with Gasteiger partial charge in [0.2, 0.25) is 11.8 Å². The second-order valence-corrected chi connectivity index (χ2v) is 6.49. The van der Waals surface area contributed by atoms with Crippen LogP contribution >= 0.6 is 0 Å². The monoisotopic (exact) mass is 369 g/mol. The Bertz CT molecular complexity index is 1060. The lowest BCUT2D eigenvalue weighted by atomic mass is 10.1. The molecule has 0 aliphatic rings. The van der Waals surface area contributed by atoms with Crippen molar-refractivity contribution in [1.29, 1.82) is 0 Å². The maximum absolute atomic E-state index is 12.8. The summed E-state index contributed by atoms with van der Waals surface area (Å²) in [5, 5.41) is 11.4. The molecule has 3 aromatic carbocycles. The zero-order valence-electron chi connectivity index (χ0n) is 15.4. The van der Waals surface area contributed by atoms with Crippen molar-refractivity contribution >= 4 is 5.91 Å². The molecule has 0 spiro atoms.